The average molecular weight is 839 g/mol. The smallest absolute Gasteiger partial charge is 0.164 e. The van der Waals surface area contributed by atoms with E-state index in [1.807, 2.05) is 18.2 Å². The van der Waals surface area contributed by atoms with Gasteiger partial charge in [0.1, 0.15) is 0 Å². The molecule has 0 saturated carbocycles. The predicted octanol–water partition coefficient (Wildman–Crippen LogP) is 15.9. The third kappa shape index (κ3) is 8.47. The first kappa shape index (κ1) is 41.1. The Kier molecular flexibility index (Phi) is 11.2. The lowest BCUT2D eigenvalue weighted by molar-refractivity contribution is 0.590. The van der Waals surface area contributed by atoms with Crippen LogP contribution in [-0.4, -0.2) is 19.5 Å². The molecule has 0 atom stereocenters. The lowest BCUT2D eigenvalue weighted by Crippen LogP contribution is -2.14. The summed E-state index contributed by atoms with van der Waals surface area (Å²) >= 11 is 0. The third-order valence-electron chi connectivity index (χ3n) is 12.3. The lowest BCUT2D eigenvalue weighted by atomic mass is 9.83. The monoisotopic (exact) mass is 838 g/mol. The van der Waals surface area contributed by atoms with Crippen molar-refractivity contribution in [3.8, 4) is 67.3 Å². The van der Waals surface area contributed by atoms with Gasteiger partial charge >= 0.3 is 0 Å². The molecule has 4 nitrogen and oxygen atoms in total. The molecular weight excluding hydrogens is 789 g/mol. The van der Waals surface area contributed by atoms with Crippen LogP contribution in [0.3, 0.4) is 0 Å². The number of fused-ring (bicyclic) bond motifs is 3. The number of benzene rings is 8. The Balaban J connectivity index is 1.06. The molecule has 8 aromatic carbocycles. The van der Waals surface area contributed by atoms with E-state index in [2.05, 4.69) is 226 Å². The molecule has 0 radical (unpaired) electrons. The second-order valence-corrected chi connectivity index (χ2v) is 17.6. The topological polar surface area (TPSA) is 43.6 Å². The zero-order valence-corrected chi connectivity index (χ0v) is 37.1. The number of aryl methyl sites for hydroxylation is 1. The maximum absolute atomic E-state index is 5.14. The van der Waals surface area contributed by atoms with Gasteiger partial charge in [0.2, 0.25) is 0 Å². The summed E-state index contributed by atoms with van der Waals surface area (Å²) in [5.41, 5.74) is 15.9. The molecule has 2 heterocycles. The molecule has 0 aliphatic rings. The molecule has 0 aliphatic carbocycles. The maximum Gasteiger partial charge on any atom is 0.164 e. The van der Waals surface area contributed by atoms with Gasteiger partial charge in [-0.1, -0.05) is 215 Å². The summed E-state index contributed by atoms with van der Waals surface area (Å²) in [6.45, 7) is 12.0. The van der Waals surface area contributed by atoms with Crippen LogP contribution in [0.15, 0.2) is 219 Å². The SMILES string of the molecule is C=C/C(=C\CCn1c2ccc(-c3ccccc3)cc2c2cc(-c3ccccc3)cc(C(C)(C)C)c21)c1nc(-c2ccc(-c3ccccc3)cc2)nc(-c2ccc(-c3ccccc3)cc2)n1. The number of aromatic nitrogens is 4. The fourth-order valence-corrected chi connectivity index (χ4v) is 8.91. The van der Waals surface area contributed by atoms with Crippen LogP contribution in [0.2, 0.25) is 0 Å². The van der Waals surface area contributed by atoms with Crippen LogP contribution in [0, 0.1) is 0 Å². The summed E-state index contributed by atoms with van der Waals surface area (Å²) in [6, 6.07) is 71.0. The van der Waals surface area contributed by atoms with Gasteiger partial charge in [0, 0.05) is 39.5 Å². The molecule has 10 aromatic rings. The van der Waals surface area contributed by atoms with Crippen molar-refractivity contribution in [2.24, 2.45) is 0 Å². The van der Waals surface area contributed by atoms with Gasteiger partial charge in [0.05, 0.1) is 5.52 Å². The molecule has 2 aromatic heterocycles. The standard InChI is InChI=1S/C61H50N4/c1-5-42(58-62-59(49-32-28-47(29-33-49)43-19-10-6-11-20-43)64-60(63-58)50-34-30-48(31-35-50)44-21-12-7-13-22-44)27-18-38-65-56-37-36-51(45-23-14-8-15-24-45)39-53(56)54-40-52(46-25-16-9-17-26-46)41-55(57(54)65)61(2,3)4/h5-17,19-37,39-41H,1,18,38H2,2-4H3/b42-27+. The van der Waals surface area contributed by atoms with Crippen LogP contribution >= 0.6 is 0 Å². The summed E-state index contributed by atoms with van der Waals surface area (Å²) in [7, 11) is 0. The molecule has 0 N–H and O–H groups in total. The van der Waals surface area contributed by atoms with E-state index in [9.17, 15) is 0 Å². The van der Waals surface area contributed by atoms with Crippen molar-refractivity contribution in [1.29, 1.82) is 0 Å². The fraction of sp³-hybridized carbons (Fsp3) is 0.0984. The minimum atomic E-state index is -0.115. The summed E-state index contributed by atoms with van der Waals surface area (Å²) in [6.07, 6.45) is 4.85. The fourth-order valence-electron chi connectivity index (χ4n) is 8.91. The van der Waals surface area contributed by atoms with E-state index in [4.69, 9.17) is 15.0 Å². The number of rotatable bonds is 11. The number of hydrogen-bond donors (Lipinski definition) is 0. The van der Waals surface area contributed by atoms with Gasteiger partial charge in [0.25, 0.3) is 0 Å². The minimum Gasteiger partial charge on any atom is -0.340 e. The number of nitrogens with zero attached hydrogens (tertiary/aromatic N) is 4. The molecule has 314 valence electrons. The van der Waals surface area contributed by atoms with Crippen LogP contribution in [0.1, 0.15) is 38.6 Å². The van der Waals surface area contributed by atoms with Crippen LogP contribution in [0.4, 0.5) is 0 Å². The quantitative estimate of drug-likeness (QED) is 0.122. The maximum atomic E-state index is 5.14. The highest BCUT2D eigenvalue weighted by Crippen LogP contribution is 2.41. The number of hydrogen-bond acceptors (Lipinski definition) is 3. The van der Waals surface area contributed by atoms with Crippen molar-refractivity contribution in [2.75, 3.05) is 0 Å². The predicted molar refractivity (Wildman–Crippen MR) is 273 cm³/mol. The van der Waals surface area contributed by atoms with E-state index in [0.717, 1.165) is 51.9 Å². The Morgan fingerprint density at radius 3 is 1.35 bits per heavy atom. The first-order chi connectivity index (χ1) is 31.8. The van der Waals surface area contributed by atoms with Crippen LogP contribution in [-0.2, 0) is 12.0 Å². The van der Waals surface area contributed by atoms with Crippen molar-refractivity contribution in [3.63, 3.8) is 0 Å². The molecule has 0 amide bonds. The van der Waals surface area contributed by atoms with Gasteiger partial charge in [-0.15, -0.1) is 0 Å². The zero-order chi connectivity index (χ0) is 44.3. The van der Waals surface area contributed by atoms with Crippen molar-refractivity contribution < 1.29 is 0 Å². The number of allylic oxidation sites excluding steroid dienone is 3. The van der Waals surface area contributed by atoms with Crippen LogP contribution in [0.5, 0.6) is 0 Å². The second kappa shape index (κ2) is 17.7. The molecule has 0 unspecified atom stereocenters. The van der Waals surface area contributed by atoms with Crippen molar-refractivity contribution >= 4 is 27.4 Å². The Morgan fingerprint density at radius 2 is 0.877 bits per heavy atom. The minimum absolute atomic E-state index is 0.115. The van der Waals surface area contributed by atoms with Gasteiger partial charge in [-0.05, 0) is 86.2 Å². The normalized spacial score (nSPS) is 11.9. The molecule has 65 heavy (non-hydrogen) atoms. The molecule has 0 saturated heterocycles. The molecule has 0 spiro atoms. The molecule has 4 heteroatoms. The Labute approximate surface area is 382 Å². The molecule has 0 bridgehead atoms. The second-order valence-electron chi connectivity index (χ2n) is 17.6. The van der Waals surface area contributed by atoms with Gasteiger partial charge in [0.15, 0.2) is 17.5 Å². The van der Waals surface area contributed by atoms with Crippen molar-refractivity contribution in [3.05, 3.63) is 230 Å². The molecule has 10 rings (SSSR count). The van der Waals surface area contributed by atoms with Gasteiger partial charge in [-0.3, -0.25) is 0 Å². The highest BCUT2D eigenvalue weighted by Gasteiger charge is 2.24. The molecule has 0 aliphatic heterocycles. The van der Waals surface area contributed by atoms with Crippen molar-refractivity contribution in [1.82, 2.24) is 19.5 Å². The third-order valence-corrected chi connectivity index (χ3v) is 12.3. The van der Waals surface area contributed by atoms with E-state index in [-0.39, 0.29) is 5.41 Å². The van der Waals surface area contributed by atoms with Crippen LogP contribution in [0.25, 0.3) is 94.7 Å². The summed E-state index contributed by atoms with van der Waals surface area (Å²) in [5.74, 6) is 1.83. The summed E-state index contributed by atoms with van der Waals surface area (Å²) < 4.78 is 2.53. The van der Waals surface area contributed by atoms with Gasteiger partial charge in [-0.25, -0.2) is 15.0 Å². The first-order valence-corrected chi connectivity index (χ1v) is 22.4. The van der Waals surface area contributed by atoms with E-state index < -0.39 is 0 Å². The first-order valence-electron chi connectivity index (χ1n) is 22.4. The molecule has 0 fully saturated rings. The van der Waals surface area contributed by atoms with E-state index >= 15 is 0 Å². The summed E-state index contributed by atoms with van der Waals surface area (Å²) in [5, 5.41) is 2.51. The van der Waals surface area contributed by atoms with E-state index in [0.29, 0.717) is 17.5 Å². The Hall–Kier alpha value is -7.95. The average Bonchev–Trinajstić information content (AvgIpc) is 3.68. The van der Waals surface area contributed by atoms with Crippen LogP contribution < -0.4 is 0 Å². The van der Waals surface area contributed by atoms with Gasteiger partial charge in [-0.2, -0.15) is 0 Å². The highest BCUT2D eigenvalue weighted by atomic mass is 15.0. The largest absolute Gasteiger partial charge is 0.340 e. The van der Waals surface area contributed by atoms with E-state index in [1.165, 1.54) is 49.6 Å². The van der Waals surface area contributed by atoms with E-state index in [1.54, 1.807) is 0 Å². The lowest BCUT2D eigenvalue weighted by Gasteiger charge is -2.23. The highest BCUT2D eigenvalue weighted by molar-refractivity contribution is 6.12. The van der Waals surface area contributed by atoms with Crippen molar-refractivity contribution in [2.45, 2.75) is 39.2 Å². The summed E-state index contributed by atoms with van der Waals surface area (Å²) in [4.78, 5) is 15.4. The Morgan fingerprint density at radius 1 is 0.462 bits per heavy atom. The van der Waals surface area contributed by atoms with Gasteiger partial charge < -0.3 is 4.57 Å². The Bertz CT molecular complexity index is 3210. The molecular formula is C61H50N4. The zero-order valence-electron chi connectivity index (χ0n) is 37.1.